The van der Waals surface area contributed by atoms with Crippen LogP contribution in [-0.4, -0.2) is 31.3 Å². The van der Waals surface area contributed by atoms with Gasteiger partial charge in [-0.1, -0.05) is 0 Å². The van der Waals surface area contributed by atoms with E-state index in [0.29, 0.717) is 0 Å². The number of hydrogen-bond donors (Lipinski definition) is 1. The Balaban J connectivity index is 2.03. The van der Waals surface area contributed by atoms with Crippen molar-refractivity contribution in [1.82, 2.24) is 0 Å². The highest BCUT2D eigenvalue weighted by molar-refractivity contribution is 5.66. The fourth-order valence-electron chi connectivity index (χ4n) is 2.11. The Morgan fingerprint density at radius 3 is 3.12 bits per heavy atom. The number of rotatable bonds is 4. The van der Waals surface area contributed by atoms with E-state index in [1.54, 1.807) is 0 Å². The molecule has 1 aliphatic rings. The smallest absolute Gasteiger partial charge is 0.306 e. The van der Waals surface area contributed by atoms with Crippen molar-refractivity contribution in [3.8, 4) is 5.75 Å². The number of benzene rings is 1. The fourth-order valence-corrected chi connectivity index (χ4v) is 2.11. The number of hydrogen-bond acceptors (Lipinski definition) is 3. The summed E-state index contributed by atoms with van der Waals surface area (Å²) in [6.07, 6.45) is 2.26. The standard InChI is InChI=1S/C13H17NO3/c1-14-7-2-3-10-9-11(4-5-12(10)14)17-8-6-13(15)16/h4-5,9H,2-3,6-8H2,1H3,(H,15,16). The zero-order chi connectivity index (χ0) is 12.3. The zero-order valence-electron chi connectivity index (χ0n) is 9.98. The van der Waals surface area contributed by atoms with E-state index in [9.17, 15) is 4.79 Å². The van der Waals surface area contributed by atoms with Crippen molar-refractivity contribution >= 4 is 11.7 Å². The maximum atomic E-state index is 10.4. The van der Waals surface area contributed by atoms with Crippen LogP contribution in [0.3, 0.4) is 0 Å². The zero-order valence-corrected chi connectivity index (χ0v) is 9.98. The van der Waals surface area contributed by atoms with Gasteiger partial charge in [0.1, 0.15) is 5.75 Å². The molecule has 0 radical (unpaired) electrons. The minimum absolute atomic E-state index is 0.0387. The van der Waals surface area contributed by atoms with E-state index in [0.717, 1.165) is 25.1 Å². The van der Waals surface area contributed by atoms with Gasteiger partial charge in [-0.05, 0) is 36.6 Å². The van der Waals surface area contributed by atoms with Crippen LogP contribution < -0.4 is 9.64 Å². The summed E-state index contributed by atoms with van der Waals surface area (Å²) in [4.78, 5) is 12.6. The average molecular weight is 235 g/mol. The summed E-state index contributed by atoms with van der Waals surface area (Å²) in [5, 5.41) is 8.53. The molecule has 4 nitrogen and oxygen atoms in total. The lowest BCUT2D eigenvalue weighted by molar-refractivity contribution is -0.137. The van der Waals surface area contributed by atoms with E-state index in [4.69, 9.17) is 9.84 Å². The number of fused-ring (bicyclic) bond motifs is 1. The number of aliphatic carboxylic acids is 1. The number of ether oxygens (including phenoxy) is 1. The van der Waals surface area contributed by atoms with E-state index >= 15 is 0 Å². The lowest BCUT2D eigenvalue weighted by atomic mass is 10.0. The topological polar surface area (TPSA) is 49.8 Å². The van der Waals surface area contributed by atoms with Gasteiger partial charge in [0.15, 0.2) is 0 Å². The van der Waals surface area contributed by atoms with Crippen LogP contribution in [0.2, 0.25) is 0 Å². The minimum atomic E-state index is -0.831. The van der Waals surface area contributed by atoms with E-state index in [1.165, 1.54) is 11.3 Å². The molecule has 0 unspecified atom stereocenters. The van der Waals surface area contributed by atoms with Crippen LogP contribution in [0.4, 0.5) is 5.69 Å². The lowest BCUT2D eigenvalue weighted by Gasteiger charge is -2.27. The van der Waals surface area contributed by atoms with Gasteiger partial charge < -0.3 is 14.7 Å². The molecule has 0 aromatic heterocycles. The maximum Gasteiger partial charge on any atom is 0.306 e. The third-order valence-corrected chi connectivity index (χ3v) is 2.99. The van der Waals surface area contributed by atoms with Crippen LogP contribution >= 0.6 is 0 Å². The van der Waals surface area contributed by atoms with Crippen LogP contribution in [0, 0.1) is 0 Å². The summed E-state index contributed by atoms with van der Waals surface area (Å²) in [5.41, 5.74) is 2.54. The largest absolute Gasteiger partial charge is 0.493 e. The van der Waals surface area contributed by atoms with Crippen LogP contribution in [0.5, 0.6) is 5.75 Å². The maximum absolute atomic E-state index is 10.4. The van der Waals surface area contributed by atoms with Gasteiger partial charge in [0.25, 0.3) is 0 Å². The van der Waals surface area contributed by atoms with Crippen LogP contribution in [0.1, 0.15) is 18.4 Å². The first kappa shape index (κ1) is 11.8. The first-order valence-corrected chi connectivity index (χ1v) is 5.85. The second kappa shape index (κ2) is 5.08. The molecular weight excluding hydrogens is 218 g/mol. The molecule has 1 aromatic rings. The second-order valence-electron chi connectivity index (χ2n) is 4.31. The summed E-state index contributed by atoms with van der Waals surface area (Å²) < 4.78 is 5.42. The Kier molecular flexibility index (Phi) is 3.52. The second-order valence-corrected chi connectivity index (χ2v) is 4.31. The molecule has 1 aliphatic heterocycles. The highest BCUT2D eigenvalue weighted by Crippen LogP contribution is 2.29. The average Bonchev–Trinajstić information content (AvgIpc) is 2.29. The van der Waals surface area contributed by atoms with Gasteiger partial charge in [-0.25, -0.2) is 0 Å². The number of aryl methyl sites for hydroxylation is 1. The van der Waals surface area contributed by atoms with E-state index in [-0.39, 0.29) is 13.0 Å². The van der Waals surface area contributed by atoms with E-state index in [1.807, 2.05) is 18.2 Å². The molecule has 0 spiro atoms. The Morgan fingerprint density at radius 2 is 2.35 bits per heavy atom. The number of anilines is 1. The summed E-state index contributed by atoms with van der Waals surface area (Å²) >= 11 is 0. The van der Waals surface area contributed by atoms with Gasteiger partial charge in [-0.15, -0.1) is 0 Å². The van der Waals surface area contributed by atoms with Crippen molar-refractivity contribution in [3.63, 3.8) is 0 Å². The summed E-state index contributed by atoms with van der Waals surface area (Å²) in [6.45, 7) is 1.32. The molecule has 1 aromatic carbocycles. The summed E-state index contributed by atoms with van der Waals surface area (Å²) in [7, 11) is 2.09. The molecule has 17 heavy (non-hydrogen) atoms. The van der Waals surface area contributed by atoms with Crippen LogP contribution in [0.25, 0.3) is 0 Å². The Morgan fingerprint density at radius 1 is 1.53 bits per heavy atom. The first-order valence-electron chi connectivity index (χ1n) is 5.85. The Bertz CT molecular complexity index is 417. The molecule has 0 aliphatic carbocycles. The van der Waals surface area contributed by atoms with Crippen LogP contribution in [-0.2, 0) is 11.2 Å². The molecule has 0 atom stereocenters. The molecule has 92 valence electrons. The third-order valence-electron chi connectivity index (χ3n) is 2.99. The molecule has 4 heteroatoms. The SMILES string of the molecule is CN1CCCc2cc(OCCC(=O)O)ccc21. The van der Waals surface area contributed by atoms with Gasteiger partial charge in [0.2, 0.25) is 0 Å². The van der Waals surface area contributed by atoms with Gasteiger partial charge in [0.05, 0.1) is 13.0 Å². The van der Waals surface area contributed by atoms with Gasteiger partial charge in [-0.3, -0.25) is 4.79 Å². The molecule has 0 bridgehead atoms. The number of nitrogens with zero attached hydrogens (tertiary/aromatic N) is 1. The van der Waals surface area contributed by atoms with Gasteiger partial charge >= 0.3 is 5.97 Å². The van der Waals surface area contributed by atoms with Crippen molar-refractivity contribution in [3.05, 3.63) is 23.8 Å². The molecule has 0 amide bonds. The minimum Gasteiger partial charge on any atom is -0.493 e. The van der Waals surface area contributed by atoms with Crippen molar-refractivity contribution < 1.29 is 14.6 Å². The molecule has 0 fully saturated rings. The lowest BCUT2D eigenvalue weighted by Crippen LogP contribution is -2.24. The predicted octanol–water partition coefficient (Wildman–Crippen LogP) is 1.92. The molecule has 0 saturated carbocycles. The van der Waals surface area contributed by atoms with E-state index < -0.39 is 5.97 Å². The molecule has 0 saturated heterocycles. The van der Waals surface area contributed by atoms with Crippen LogP contribution in [0.15, 0.2) is 18.2 Å². The number of carbonyl (C=O) groups is 1. The van der Waals surface area contributed by atoms with Gasteiger partial charge in [0, 0.05) is 19.3 Å². The van der Waals surface area contributed by atoms with Gasteiger partial charge in [-0.2, -0.15) is 0 Å². The van der Waals surface area contributed by atoms with E-state index in [2.05, 4.69) is 11.9 Å². The predicted molar refractivity (Wildman–Crippen MR) is 65.8 cm³/mol. The van der Waals surface area contributed by atoms with Crippen molar-refractivity contribution in [1.29, 1.82) is 0 Å². The third kappa shape index (κ3) is 2.90. The normalized spacial score (nSPS) is 14.3. The highest BCUT2D eigenvalue weighted by atomic mass is 16.5. The summed E-state index contributed by atoms with van der Waals surface area (Å²) in [6, 6.07) is 5.97. The number of carboxylic acids is 1. The fraction of sp³-hybridized carbons (Fsp3) is 0.462. The van der Waals surface area contributed by atoms with Crippen molar-refractivity contribution in [2.45, 2.75) is 19.3 Å². The Labute approximate surface area is 101 Å². The highest BCUT2D eigenvalue weighted by Gasteiger charge is 2.13. The number of carboxylic acid groups (broad SMARTS) is 1. The molecule has 2 rings (SSSR count). The van der Waals surface area contributed by atoms with Crippen molar-refractivity contribution in [2.75, 3.05) is 25.1 Å². The molecular formula is C13H17NO3. The Hall–Kier alpha value is -1.71. The van der Waals surface area contributed by atoms with Crippen molar-refractivity contribution in [2.24, 2.45) is 0 Å². The summed E-state index contributed by atoms with van der Waals surface area (Å²) in [5.74, 6) is -0.0667. The first-order chi connectivity index (χ1) is 8.16. The quantitative estimate of drug-likeness (QED) is 0.866. The molecule has 1 N–H and O–H groups in total. The molecule has 1 heterocycles. The monoisotopic (exact) mass is 235 g/mol.